The molecule has 2 aliphatic carbocycles. The van der Waals surface area contributed by atoms with Crippen LogP contribution >= 0.6 is 0 Å². The predicted molar refractivity (Wildman–Crippen MR) is 102 cm³/mol. The van der Waals surface area contributed by atoms with Crippen LogP contribution in [0, 0.1) is 11.8 Å². The highest BCUT2D eigenvalue weighted by Crippen LogP contribution is 2.49. The third-order valence-corrected chi connectivity index (χ3v) is 6.14. The smallest absolute Gasteiger partial charge is 0.199 e. The zero-order valence-electron chi connectivity index (χ0n) is 15.6. The van der Waals surface area contributed by atoms with E-state index in [1.54, 1.807) is 12.1 Å². The summed E-state index contributed by atoms with van der Waals surface area (Å²) in [5.74, 6) is -0.920. The second kappa shape index (κ2) is 8.45. The van der Waals surface area contributed by atoms with Crippen LogP contribution in [0.5, 0.6) is 0 Å². The number of hydrogen-bond acceptors (Lipinski definition) is 0. The Hall–Kier alpha value is -1.51. The van der Waals surface area contributed by atoms with E-state index in [9.17, 15) is 8.78 Å². The molecule has 1 fully saturated rings. The molecule has 0 aliphatic heterocycles. The molecule has 3 heteroatoms. The molecule has 0 spiro atoms. The van der Waals surface area contributed by atoms with Crippen molar-refractivity contribution in [3.05, 3.63) is 53.9 Å². The van der Waals surface area contributed by atoms with Crippen molar-refractivity contribution in [3.63, 3.8) is 0 Å². The minimum absolute atomic E-state index is 0.428. The number of allylic oxidation sites excluding steroid dienone is 4. The van der Waals surface area contributed by atoms with Gasteiger partial charge in [0.05, 0.1) is 0 Å². The average molecular weight is 362 g/mol. The summed E-state index contributed by atoms with van der Waals surface area (Å²) in [6.45, 7) is 2.18. The first kappa shape index (κ1) is 19.3. The molecule has 0 heterocycles. The number of halogens is 3. The van der Waals surface area contributed by atoms with Crippen LogP contribution in [0.25, 0.3) is 5.57 Å². The summed E-state index contributed by atoms with van der Waals surface area (Å²) in [7, 11) is 0. The molecule has 0 aromatic heterocycles. The standard InChI is InChI=1S/C23H29F3/c1-2-3-5-8-17-11-13-20(14-12-17)23(26)21(24)15-19(16-22(23)25)18-9-6-4-7-10-18/h4,6-7,9-10,15-17,20-21H,2-3,5,8,11-14H2,1H3/t17-,20-,21?,23?. The molecule has 0 N–H and O–H groups in total. The minimum Gasteiger partial charge on any atom is -0.239 e. The Balaban J connectivity index is 1.67. The van der Waals surface area contributed by atoms with Gasteiger partial charge >= 0.3 is 0 Å². The molecule has 142 valence electrons. The van der Waals surface area contributed by atoms with Crippen molar-refractivity contribution in [3.8, 4) is 0 Å². The maximum atomic E-state index is 15.5. The van der Waals surface area contributed by atoms with Crippen LogP contribution in [-0.4, -0.2) is 11.8 Å². The fraction of sp³-hybridized carbons (Fsp3) is 0.565. The highest BCUT2D eigenvalue weighted by atomic mass is 19.2. The summed E-state index contributed by atoms with van der Waals surface area (Å²) in [6, 6.07) is 9.04. The van der Waals surface area contributed by atoms with Gasteiger partial charge in [0.2, 0.25) is 0 Å². The Morgan fingerprint density at radius 3 is 2.35 bits per heavy atom. The molecule has 0 saturated heterocycles. The lowest BCUT2D eigenvalue weighted by molar-refractivity contribution is 0.00457. The van der Waals surface area contributed by atoms with Crippen LogP contribution in [-0.2, 0) is 0 Å². The van der Waals surface area contributed by atoms with Gasteiger partial charge in [-0.15, -0.1) is 0 Å². The van der Waals surface area contributed by atoms with Gasteiger partial charge in [0.1, 0.15) is 5.83 Å². The monoisotopic (exact) mass is 362 g/mol. The van der Waals surface area contributed by atoms with Gasteiger partial charge in [-0.25, -0.2) is 13.2 Å². The van der Waals surface area contributed by atoms with Gasteiger partial charge in [0.25, 0.3) is 0 Å². The first-order valence-corrected chi connectivity index (χ1v) is 10.0. The lowest BCUT2D eigenvalue weighted by atomic mass is 9.69. The van der Waals surface area contributed by atoms with Crippen molar-refractivity contribution in [2.75, 3.05) is 0 Å². The second-order valence-corrected chi connectivity index (χ2v) is 7.86. The fourth-order valence-corrected chi connectivity index (χ4v) is 4.49. The normalized spacial score (nSPS) is 32.1. The van der Waals surface area contributed by atoms with Crippen LogP contribution in [0.15, 0.2) is 48.3 Å². The quantitative estimate of drug-likeness (QED) is 0.463. The third-order valence-electron chi connectivity index (χ3n) is 6.14. The number of unbranched alkanes of at least 4 members (excludes halogenated alkanes) is 2. The zero-order valence-corrected chi connectivity index (χ0v) is 15.6. The Kier molecular flexibility index (Phi) is 6.26. The van der Waals surface area contributed by atoms with Gasteiger partial charge in [0, 0.05) is 5.92 Å². The van der Waals surface area contributed by atoms with Gasteiger partial charge in [-0.2, -0.15) is 0 Å². The van der Waals surface area contributed by atoms with Crippen molar-refractivity contribution >= 4 is 5.57 Å². The topological polar surface area (TPSA) is 0 Å². The summed E-state index contributed by atoms with van der Waals surface area (Å²) in [5, 5.41) is 0. The van der Waals surface area contributed by atoms with E-state index in [0.717, 1.165) is 19.3 Å². The summed E-state index contributed by atoms with van der Waals surface area (Å²) >= 11 is 0. The molecule has 2 aliphatic rings. The Bertz CT molecular complexity index is 641. The molecule has 1 saturated carbocycles. The van der Waals surface area contributed by atoms with Crippen molar-refractivity contribution in [2.45, 2.75) is 70.1 Å². The fourth-order valence-electron chi connectivity index (χ4n) is 4.49. The molecular weight excluding hydrogens is 333 g/mol. The van der Waals surface area contributed by atoms with Gasteiger partial charge in [-0.3, -0.25) is 0 Å². The van der Waals surface area contributed by atoms with Gasteiger partial charge in [-0.05, 0) is 42.0 Å². The van der Waals surface area contributed by atoms with Crippen molar-refractivity contribution in [1.82, 2.24) is 0 Å². The predicted octanol–water partition coefficient (Wildman–Crippen LogP) is 7.37. The van der Waals surface area contributed by atoms with Crippen molar-refractivity contribution in [2.24, 2.45) is 11.8 Å². The first-order valence-electron chi connectivity index (χ1n) is 10.0. The molecule has 2 unspecified atom stereocenters. The molecule has 3 rings (SSSR count). The van der Waals surface area contributed by atoms with Crippen molar-refractivity contribution < 1.29 is 13.2 Å². The molecule has 1 aromatic carbocycles. The molecule has 0 amide bonds. The van der Waals surface area contributed by atoms with E-state index in [2.05, 4.69) is 6.92 Å². The molecular formula is C23H29F3. The highest BCUT2D eigenvalue weighted by Gasteiger charge is 2.52. The Morgan fingerprint density at radius 2 is 1.73 bits per heavy atom. The number of benzene rings is 1. The zero-order chi connectivity index (χ0) is 18.6. The molecule has 1 aromatic rings. The summed E-state index contributed by atoms with van der Waals surface area (Å²) in [6.07, 6.45) is 8.22. The largest absolute Gasteiger partial charge is 0.239 e. The Labute approximate surface area is 155 Å². The van der Waals surface area contributed by atoms with Crippen LogP contribution in [0.1, 0.15) is 63.9 Å². The van der Waals surface area contributed by atoms with E-state index < -0.39 is 23.6 Å². The van der Waals surface area contributed by atoms with Gasteiger partial charge in [0.15, 0.2) is 11.8 Å². The Morgan fingerprint density at radius 1 is 1.04 bits per heavy atom. The van der Waals surface area contributed by atoms with Crippen LogP contribution in [0.4, 0.5) is 13.2 Å². The lowest BCUT2D eigenvalue weighted by Gasteiger charge is -2.40. The van der Waals surface area contributed by atoms with E-state index in [0.29, 0.717) is 29.9 Å². The third kappa shape index (κ3) is 3.92. The second-order valence-electron chi connectivity index (χ2n) is 7.86. The number of rotatable bonds is 6. The van der Waals surface area contributed by atoms with Gasteiger partial charge in [-0.1, -0.05) is 75.8 Å². The van der Waals surface area contributed by atoms with E-state index in [1.807, 2.05) is 18.2 Å². The number of alkyl halides is 2. The SMILES string of the molecule is CCCCC[C@H]1CC[C@H](C2(F)C(F)=CC(c3ccccc3)=CC2F)CC1. The molecule has 0 nitrogen and oxygen atoms in total. The van der Waals surface area contributed by atoms with E-state index in [1.165, 1.54) is 31.4 Å². The van der Waals surface area contributed by atoms with Crippen LogP contribution in [0.3, 0.4) is 0 Å². The maximum Gasteiger partial charge on any atom is 0.199 e. The summed E-state index contributed by atoms with van der Waals surface area (Å²) < 4.78 is 45.1. The highest BCUT2D eigenvalue weighted by molar-refractivity contribution is 5.77. The molecule has 2 atom stereocenters. The van der Waals surface area contributed by atoms with Gasteiger partial charge < -0.3 is 0 Å². The van der Waals surface area contributed by atoms with Crippen LogP contribution in [0.2, 0.25) is 0 Å². The number of hydrogen-bond donors (Lipinski definition) is 0. The molecule has 0 radical (unpaired) electrons. The average Bonchev–Trinajstić information content (AvgIpc) is 2.67. The lowest BCUT2D eigenvalue weighted by Crippen LogP contribution is -2.45. The summed E-state index contributed by atoms with van der Waals surface area (Å²) in [4.78, 5) is 0. The van der Waals surface area contributed by atoms with E-state index >= 15 is 4.39 Å². The van der Waals surface area contributed by atoms with E-state index in [-0.39, 0.29) is 0 Å². The summed E-state index contributed by atoms with van der Waals surface area (Å²) in [5.41, 5.74) is -1.35. The molecule has 26 heavy (non-hydrogen) atoms. The van der Waals surface area contributed by atoms with E-state index in [4.69, 9.17) is 0 Å². The minimum atomic E-state index is -2.49. The van der Waals surface area contributed by atoms with Crippen molar-refractivity contribution in [1.29, 1.82) is 0 Å². The van der Waals surface area contributed by atoms with Crippen LogP contribution < -0.4 is 0 Å². The molecule has 0 bridgehead atoms. The first-order chi connectivity index (χ1) is 12.6. The maximum absolute atomic E-state index is 15.5.